The monoisotopic (exact) mass is 500 g/mol. The van der Waals surface area contributed by atoms with E-state index in [0.29, 0.717) is 33.0 Å². The molecule has 0 atom stereocenters. The van der Waals surface area contributed by atoms with Crippen LogP contribution in [0.25, 0.3) is 0 Å². The number of hydrogen-bond donors (Lipinski definition) is 2. The smallest absolute Gasteiger partial charge is 0.0701 e. The quantitative estimate of drug-likeness (QED) is 0.158. The first kappa shape index (κ1) is 34.5. The first-order valence-electron chi connectivity index (χ1n) is 13.6. The van der Waals surface area contributed by atoms with Crippen molar-refractivity contribution in [2.24, 2.45) is 10.8 Å². The molecule has 35 heavy (non-hydrogen) atoms. The van der Waals surface area contributed by atoms with Gasteiger partial charge in [0.1, 0.15) is 0 Å². The predicted molar refractivity (Wildman–Crippen MR) is 149 cm³/mol. The van der Waals surface area contributed by atoms with Gasteiger partial charge in [0.2, 0.25) is 0 Å². The van der Waals surface area contributed by atoms with Gasteiger partial charge in [-0.1, -0.05) is 46.8 Å². The second-order valence-corrected chi connectivity index (χ2v) is 13.2. The van der Waals surface area contributed by atoms with E-state index in [1.54, 1.807) is 0 Å². The lowest BCUT2D eigenvalue weighted by Gasteiger charge is -2.32. The minimum absolute atomic E-state index is 0.0903. The van der Waals surface area contributed by atoms with E-state index in [4.69, 9.17) is 18.9 Å². The summed E-state index contributed by atoms with van der Waals surface area (Å²) in [5.74, 6) is 0. The number of rotatable bonds is 21. The fourth-order valence-corrected chi connectivity index (χ4v) is 3.22. The van der Waals surface area contributed by atoms with Crippen molar-refractivity contribution in [3.8, 4) is 0 Å². The zero-order valence-electron chi connectivity index (χ0n) is 25.0. The zero-order valence-corrected chi connectivity index (χ0v) is 25.0. The Morgan fingerprint density at radius 3 is 1.69 bits per heavy atom. The summed E-state index contributed by atoms with van der Waals surface area (Å²) in [6.07, 6.45) is 7.41. The molecule has 0 aromatic carbocycles. The van der Waals surface area contributed by atoms with Crippen molar-refractivity contribution in [1.82, 2.24) is 10.6 Å². The molecule has 0 aromatic heterocycles. The highest BCUT2D eigenvalue weighted by Gasteiger charge is 2.24. The highest BCUT2D eigenvalue weighted by Crippen LogP contribution is 2.29. The largest absolute Gasteiger partial charge is 0.379 e. The van der Waals surface area contributed by atoms with Crippen LogP contribution in [0, 0.1) is 10.8 Å². The van der Waals surface area contributed by atoms with Gasteiger partial charge in [0.15, 0.2) is 0 Å². The average Bonchev–Trinajstić information content (AvgIpc) is 2.71. The molecule has 0 unspecified atom stereocenters. The first-order valence-corrected chi connectivity index (χ1v) is 13.6. The lowest BCUT2D eigenvalue weighted by atomic mass is 9.81. The molecular formula is C29H60N2O4. The lowest BCUT2D eigenvalue weighted by molar-refractivity contribution is 0.0355. The Morgan fingerprint density at radius 1 is 0.543 bits per heavy atom. The summed E-state index contributed by atoms with van der Waals surface area (Å²) < 4.78 is 22.8. The van der Waals surface area contributed by atoms with Crippen LogP contribution >= 0.6 is 0 Å². The van der Waals surface area contributed by atoms with Crippen LogP contribution in [-0.2, 0) is 18.9 Å². The van der Waals surface area contributed by atoms with Crippen LogP contribution in [-0.4, -0.2) is 77.0 Å². The minimum atomic E-state index is 0.0903. The standard InChI is InChI=1S/C29H60N2O4/c1-26(2,3)25-35-19-12-11-18-32-22-17-31-29(9,10)14-13-28(7,8)15-20-33-23-24-34-21-16-30-27(4,5)6/h11-12,30-31H,13-25H2,1-10H3/b12-11-. The maximum atomic E-state index is 5.81. The number of hydrogen-bond acceptors (Lipinski definition) is 6. The molecule has 2 N–H and O–H groups in total. The molecule has 0 spiro atoms. The van der Waals surface area contributed by atoms with Crippen molar-refractivity contribution in [2.75, 3.05) is 65.9 Å². The molecule has 0 saturated carbocycles. The fourth-order valence-electron chi connectivity index (χ4n) is 3.22. The van der Waals surface area contributed by atoms with Gasteiger partial charge in [0, 0.05) is 30.8 Å². The Hall–Kier alpha value is -0.500. The first-order chi connectivity index (χ1) is 16.1. The second kappa shape index (κ2) is 17.9. The van der Waals surface area contributed by atoms with Crippen LogP contribution < -0.4 is 10.6 Å². The van der Waals surface area contributed by atoms with Crippen LogP contribution in [0.1, 0.15) is 88.5 Å². The molecule has 0 fully saturated rings. The van der Waals surface area contributed by atoms with E-state index in [1.807, 2.05) is 12.2 Å². The molecule has 0 aliphatic rings. The fraction of sp³-hybridized carbons (Fsp3) is 0.931. The number of nitrogens with one attached hydrogen (secondary N) is 2. The van der Waals surface area contributed by atoms with E-state index in [2.05, 4.69) is 79.9 Å². The third-order valence-electron chi connectivity index (χ3n) is 5.60. The molecular weight excluding hydrogens is 440 g/mol. The van der Waals surface area contributed by atoms with Gasteiger partial charge < -0.3 is 29.6 Å². The van der Waals surface area contributed by atoms with Gasteiger partial charge in [0.25, 0.3) is 0 Å². The summed E-state index contributed by atoms with van der Waals surface area (Å²) in [7, 11) is 0. The summed E-state index contributed by atoms with van der Waals surface area (Å²) >= 11 is 0. The molecule has 0 radical (unpaired) electrons. The molecule has 210 valence electrons. The van der Waals surface area contributed by atoms with E-state index < -0.39 is 0 Å². The molecule has 6 nitrogen and oxygen atoms in total. The average molecular weight is 501 g/mol. The van der Waals surface area contributed by atoms with Crippen LogP contribution in [0.4, 0.5) is 0 Å². The maximum Gasteiger partial charge on any atom is 0.0701 e. The molecule has 0 amide bonds. The van der Waals surface area contributed by atoms with Crippen molar-refractivity contribution in [3.05, 3.63) is 12.2 Å². The summed E-state index contributed by atoms with van der Waals surface area (Å²) in [5.41, 5.74) is 0.702. The van der Waals surface area contributed by atoms with Gasteiger partial charge in [-0.2, -0.15) is 0 Å². The molecule has 0 aliphatic carbocycles. The van der Waals surface area contributed by atoms with Crippen molar-refractivity contribution >= 4 is 0 Å². The highest BCUT2D eigenvalue weighted by molar-refractivity contribution is 4.83. The molecule has 0 aliphatic heterocycles. The SMILES string of the molecule is CC(C)(C)COC/C=C\COCCNC(C)(C)CCC(C)(C)CCOCCOCCNC(C)(C)C. The van der Waals surface area contributed by atoms with E-state index in [0.717, 1.165) is 52.2 Å². The van der Waals surface area contributed by atoms with Crippen molar-refractivity contribution in [3.63, 3.8) is 0 Å². The van der Waals surface area contributed by atoms with Crippen LogP contribution in [0.2, 0.25) is 0 Å². The Morgan fingerprint density at radius 2 is 1.09 bits per heavy atom. The van der Waals surface area contributed by atoms with Gasteiger partial charge in [-0.05, 0) is 64.7 Å². The molecule has 6 heteroatoms. The van der Waals surface area contributed by atoms with Gasteiger partial charge in [0.05, 0.1) is 46.2 Å². The Bertz CT molecular complexity index is 534. The second-order valence-electron chi connectivity index (χ2n) is 13.2. The molecule has 0 heterocycles. The Labute approximate surface area is 218 Å². The van der Waals surface area contributed by atoms with Crippen LogP contribution in [0.3, 0.4) is 0 Å². The lowest BCUT2D eigenvalue weighted by Crippen LogP contribution is -2.42. The van der Waals surface area contributed by atoms with Gasteiger partial charge in [-0.3, -0.25) is 0 Å². The Balaban J connectivity index is 3.75. The molecule has 0 saturated heterocycles. The van der Waals surface area contributed by atoms with Crippen molar-refractivity contribution < 1.29 is 18.9 Å². The summed E-state index contributed by atoms with van der Waals surface area (Å²) in [6, 6.07) is 0. The normalized spacial score (nSPS) is 13.8. The van der Waals surface area contributed by atoms with E-state index in [9.17, 15) is 0 Å². The summed E-state index contributed by atoms with van der Waals surface area (Å²) in [6.45, 7) is 29.6. The van der Waals surface area contributed by atoms with E-state index in [-0.39, 0.29) is 21.9 Å². The van der Waals surface area contributed by atoms with Gasteiger partial charge in [-0.25, -0.2) is 0 Å². The topological polar surface area (TPSA) is 61.0 Å². The van der Waals surface area contributed by atoms with Crippen LogP contribution in [0.15, 0.2) is 12.2 Å². The van der Waals surface area contributed by atoms with Crippen LogP contribution in [0.5, 0.6) is 0 Å². The van der Waals surface area contributed by atoms with Gasteiger partial charge in [-0.15, -0.1) is 0 Å². The summed E-state index contributed by atoms with van der Waals surface area (Å²) in [4.78, 5) is 0. The highest BCUT2D eigenvalue weighted by atomic mass is 16.5. The zero-order chi connectivity index (χ0) is 26.8. The van der Waals surface area contributed by atoms with Crippen molar-refractivity contribution in [2.45, 2.75) is 99.6 Å². The summed E-state index contributed by atoms with van der Waals surface area (Å²) in [5, 5.41) is 7.06. The third-order valence-corrected chi connectivity index (χ3v) is 5.60. The molecule has 0 rings (SSSR count). The third kappa shape index (κ3) is 26.4. The number of ether oxygens (including phenoxy) is 4. The van der Waals surface area contributed by atoms with Crippen molar-refractivity contribution in [1.29, 1.82) is 0 Å². The Kier molecular flexibility index (Phi) is 17.6. The predicted octanol–water partition coefficient (Wildman–Crippen LogP) is 5.61. The minimum Gasteiger partial charge on any atom is -0.379 e. The van der Waals surface area contributed by atoms with E-state index >= 15 is 0 Å². The maximum absolute atomic E-state index is 5.81. The van der Waals surface area contributed by atoms with E-state index in [1.165, 1.54) is 0 Å². The molecule has 0 aromatic rings. The van der Waals surface area contributed by atoms with Gasteiger partial charge >= 0.3 is 0 Å². The molecule has 0 bridgehead atoms.